The third-order valence-electron chi connectivity index (χ3n) is 6.36. The van der Waals surface area contributed by atoms with Crippen LogP contribution < -0.4 is 45.3 Å². The third-order valence-corrected chi connectivity index (χ3v) is 7.55. The van der Waals surface area contributed by atoms with Crippen molar-refractivity contribution in [1.29, 1.82) is 0 Å². The zero-order valence-electron chi connectivity index (χ0n) is 24.5. The number of anilines is 1. The monoisotopic (exact) mass is 640 g/mol. The van der Waals surface area contributed by atoms with E-state index in [4.69, 9.17) is 22.1 Å². The van der Waals surface area contributed by atoms with Gasteiger partial charge in [0.25, 0.3) is 16.0 Å². The molecule has 3 aromatic carbocycles. The number of pyridine rings is 2. The molecule has 0 bridgehead atoms. The summed E-state index contributed by atoms with van der Waals surface area (Å²) < 4.78 is 39.6. The Morgan fingerprint density at radius 3 is 2.48 bits per heavy atom. The number of rotatable bonds is 10. The van der Waals surface area contributed by atoms with Gasteiger partial charge in [-0.05, 0) is 48.9 Å². The first-order valence-electron chi connectivity index (χ1n) is 13.0. The van der Waals surface area contributed by atoms with Crippen molar-refractivity contribution >= 4 is 55.5 Å². The van der Waals surface area contributed by atoms with Crippen LogP contribution in [0.25, 0.3) is 22.0 Å². The van der Waals surface area contributed by atoms with Crippen LogP contribution in [0.4, 0.5) is 17.1 Å². The Labute approximate surface area is 282 Å². The molecule has 5 rings (SSSR count). The first-order chi connectivity index (χ1) is 20.7. The quantitative estimate of drug-likeness (QED) is 0.0520. The van der Waals surface area contributed by atoms with E-state index in [1.54, 1.807) is 48.5 Å². The summed E-state index contributed by atoms with van der Waals surface area (Å²) >= 11 is 5.97. The van der Waals surface area contributed by atoms with Gasteiger partial charge in [-0.3, -0.25) is 14.3 Å². The number of benzene rings is 3. The minimum absolute atomic E-state index is 0. The number of azo groups is 1. The maximum absolute atomic E-state index is 12.3. The van der Waals surface area contributed by atoms with Gasteiger partial charge in [0.05, 0.1) is 29.7 Å². The summed E-state index contributed by atoms with van der Waals surface area (Å²) in [6, 6.07) is 21.9. The summed E-state index contributed by atoms with van der Waals surface area (Å²) in [6.07, 6.45) is 3.58. The van der Waals surface area contributed by atoms with Crippen LogP contribution in [0.1, 0.15) is 18.2 Å². The van der Waals surface area contributed by atoms with Crippen LogP contribution in [-0.4, -0.2) is 42.0 Å². The maximum atomic E-state index is 12.3. The number of amides is 1. The van der Waals surface area contributed by atoms with Crippen molar-refractivity contribution in [3.8, 4) is 17.0 Å². The van der Waals surface area contributed by atoms with Crippen molar-refractivity contribution in [3.63, 3.8) is 0 Å². The van der Waals surface area contributed by atoms with E-state index in [-0.39, 0.29) is 63.7 Å². The van der Waals surface area contributed by atoms with Crippen LogP contribution in [0.5, 0.6) is 5.75 Å². The number of nitrogen functional groups attached to an aromatic ring is 1. The Hall–Kier alpha value is -3.91. The maximum Gasteiger partial charge on any atom is 1.00 e. The predicted octanol–water partition coefficient (Wildman–Crippen LogP) is 3.51. The zero-order chi connectivity index (χ0) is 30.4. The molecule has 0 spiro atoms. The molecule has 0 atom stereocenters. The minimum atomic E-state index is -4.53. The van der Waals surface area contributed by atoms with Gasteiger partial charge in [-0.2, -0.15) is 8.42 Å². The number of nitrogens with two attached hydrogens (primary N) is 1. The van der Waals surface area contributed by atoms with E-state index in [1.807, 2.05) is 24.3 Å². The molecular weight excluding hydrogens is 615 g/mol. The number of carbonyl (C=O) groups is 1. The van der Waals surface area contributed by atoms with E-state index in [2.05, 4.69) is 25.5 Å². The van der Waals surface area contributed by atoms with Crippen molar-refractivity contribution in [2.75, 3.05) is 18.9 Å². The number of hydrogen-bond acceptors (Lipinski definition) is 9. The Bertz CT molecular complexity index is 1950. The summed E-state index contributed by atoms with van der Waals surface area (Å²) in [5.74, 6) is 0.315. The van der Waals surface area contributed by atoms with E-state index >= 15 is 0 Å². The first-order valence-corrected chi connectivity index (χ1v) is 14.8. The van der Waals surface area contributed by atoms with Gasteiger partial charge in [0, 0.05) is 29.1 Å². The number of aromatic nitrogens is 2. The minimum Gasteiger partial charge on any atom is -1.00 e. The SMILES string of the molecule is Nc1c(N=Nc2ccc(-c3ccccc3OCCCNC(=O)c3cccnc3Cl)nc2)cc(S(=O)(=O)O)c2ccccc12.[H-].[Na+]. The second-order valence-corrected chi connectivity index (χ2v) is 11.0. The van der Waals surface area contributed by atoms with Crippen LogP contribution >= 0.6 is 11.6 Å². The molecule has 1 amide bonds. The van der Waals surface area contributed by atoms with E-state index in [0.717, 1.165) is 5.56 Å². The third kappa shape index (κ3) is 7.78. The van der Waals surface area contributed by atoms with Crippen molar-refractivity contribution < 1.29 is 53.5 Å². The van der Waals surface area contributed by atoms with E-state index < -0.39 is 10.1 Å². The number of nitrogens with one attached hydrogen (secondary N) is 1. The summed E-state index contributed by atoms with van der Waals surface area (Å²) in [5.41, 5.74) is 8.65. The van der Waals surface area contributed by atoms with Gasteiger partial charge in [-0.15, -0.1) is 10.2 Å². The topological polar surface area (TPSA) is 169 Å². The van der Waals surface area contributed by atoms with Gasteiger partial charge in [0.2, 0.25) is 0 Å². The van der Waals surface area contributed by atoms with Crippen molar-refractivity contribution in [2.24, 2.45) is 10.2 Å². The summed E-state index contributed by atoms with van der Waals surface area (Å²) in [6.45, 7) is 0.737. The van der Waals surface area contributed by atoms with Crippen molar-refractivity contribution in [3.05, 3.63) is 102 Å². The van der Waals surface area contributed by atoms with Gasteiger partial charge in [-0.25, -0.2) is 4.98 Å². The van der Waals surface area contributed by atoms with Gasteiger partial charge in [0.1, 0.15) is 27.2 Å². The Morgan fingerprint density at radius 1 is 1.00 bits per heavy atom. The molecule has 0 fully saturated rings. The van der Waals surface area contributed by atoms with Gasteiger partial charge in [0.15, 0.2) is 0 Å². The Kier molecular flexibility index (Phi) is 11.0. The molecule has 44 heavy (non-hydrogen) atoms. The molecule has 0 saturated carbocycles. The van der Waals surface area contributed by atoms with Gasteiger partial charge >= 0.3 is 29.6 Å². The molecule has 4 N–H and O–H groups in total. The van der Waals surface area contributed by atoms with Gasteiger partial charge in [-0.1, -0.05) is 48.0 Å². The summed E-state index contributed by atoms with van der Waals surface area (Å²) in [7, 11) is -4.53. The number of ether oxygens (including phenoxy) is 1. The zero-order valence-corrected chi connectivity index (χ0v) is 27.1. The molecule has 2 aromatic heterocycles. The van der Waals surface area contributed by atoms with Gasteiger partial charge < -0.3 is 17.2 Å². The largest absolute Gasteiger partial charge is 1.00 e. The molecule has 14 heteroatoms. The molecule has 0 aliphatic carbocycles. The van der Waals surface area contributed by atoms with E-state index in [0.29, 0.717) is 47.7 Å². The molecule has 2 heterocycles. The molecule has 0 radical (unpaired) electrons. The fraction of sp³-hybridized carbons (Fsp3) is 0.100. The number of nitrogens with zero attached hydrogens (tertiary/aromatic N) is 4. The van der Waals surface area contributed by atoms with Crippen molar-refractivity contribution in [2.45, 2.75) is 11.3 Å². The predicted molar refractivity (Wildman–Crippen MR) is 165 cm³/mol. The summed E-state index contributed by atoms with van der Waals surface area (Å²) in [5, 5.41) is 12.0. The molecule has 11 nitrogen and oxygen atoms in total. The molecule has 0 saturated heterocycles. The van der Waals surface area contributed by atoms with Crippen LogP contribution in [0, 0.1) is 0 Å². The molecule has 0 aliphatic heterocycles. The van der Waals surface area contributed by atoms with Crippen LogP contribution in [0.15, 0.2) is 106 Å². The molecule has 0 aliphatic rings. The molecule has 5 aromatic rings. The Morgan fingerprint density at radius 2 is 1.75 bits per heavy atom. The van der Waals surface area contributed by atoms with E-state index in [1.165, 1.54) is 18.5 Å². The number of hydrogen-bond donors (Lipinski definition) is 3. The second-order valence-electron chi connectivity index (χ2n) is 9.23. The second kappa shape index (κ2) is 14.7. The van der Waals surface area contributed by atoms with Crippen LogP contribution in [0.2, 0.25) is 5.15 Å². The number of para-hydroxylation sites is 1. The standard InChI is InChI=1S/C30H25ClN6O5S.Na.H/c31-29-23(10-5-14-33-29)30(38)34-15-6-16-42-26-11-4-3-9-22(26)24-13-12-19(18-35-24)36-37-25-17-27(43(39,40)41)20-7-1-2-8-21(20)28(25)32;;/h1-5,7-14,17-18H,6,15-16,32H2,(H,34,38)(H,39,40,41);;/q;+1;-1. The fourth-order valence-corrected chi connectivity index (χ4v) is 5.20. The molecule has 0 unspecified atom stereocenters. The average molecular weight is 641 g/mol. The average Bonchev–Trinajstić information content (AvgIpc) is 3.01. The van der Waals surface area contributed by atoms with Crippen molar-refractivity contribution in [1.82, 2.24) is 15.3 Å². The number of carbonyl (C=O) groups excluding carboxylic acids is 1. The van der Waals surface area contributed by atoms with Crippen LogP contribution in [0.3, 0.4) is 0 Å². The molecular formula is C30H26ClN6NaO5S. The van der Waals surface area contributed by atoms with E-state index in [9.17, 15) is 17.8 Å². The normalized spacial score (nSPS) is 11.3. The molecule has 220 valence electrons. The smallest absolute Gasteiger partial charge is 1.00 e. The summed E-state index contributed by atoms with van der Waals surface area (Å²) in [4.78, 5) is 20.4. The Balaban J connectivity index is 0.00000276. The van der Waals surface area contributed by atoms with Crippen LogP contribution in [-0.2, 0) is 10.1 Å². The number of fused-ring (bicyclic) bond motifs is 1. The fourth-order valence-electron chi connectivity index (χ4n) is 4.27. The number of halogens is 1. The first kappa shape index (κ1) is 33.0.